The van der Waals surface area contributed by atoms with E-state index in [0.29, 0.717) is 21.9 Å². The van der Waals surface area contributed by atoms with Crippen LogP contribution in [-0.4, -0.2) is 38.2 Å². The molecule has 1 aliphatic heterocycles. The number of aromatic nitrogens is 4. The van der Waals surface area contributed by atoms with E-state index in [0.717, 1.165) is 48.5 Å². The Kier molecular flexibility index (Phi) is 6.08. The Hall–Kier alpha value is -3.47. The fourth-order valence-corrected chi connectivity index (χ4v) is 6.09. The van der Waals surface area contributed by atoms with E-state index >= 15 is 0 Å². The van der Waals surface area contributed by atoms with Gasteiger partial charge in [0.25, 0.3) is 0 Å². The molecule has 6 rings (SSSR count). The summed E-state index contributed by atoms with van der Waals surface area (Å²) in [5.74, 6) is 0.469. The van der Waals surface area contributed by atoms with Gasteiger partial charge in [-0.2, -0.15) is 4.68 Å². The molecule has 0 saturated carbocycles. The van der Waals surface area contributed by atoms with Gasteiger partial charge in [-0.1, -0.05) is 66.8 Å². The van der Waals surface area contributed by atoms with Gasteiger partial charge in [-0.15, -0.1) is 21.6 Å². The summed E-state index contributed by atoms with van der Waals surface area (Å²) in [7, 11) is 2.09. The number of allylic oxidation sites excluding steroid dienone is 4. The average molecular weight is 516 g/mol. The molecule has 8 nitrogen and oxygen atoms in total. The topological polar surface area (TPSA) is 91.5 Å². The number of thiazole rings is 2. The fraction of sp³-hybridized carbons (Fsp3) is 0.269. The highest BCUT2D eigenvalue weighted by molar-refractivity contribution is 7.15. The Bertz CT molecular complexity index is 1550. The van der Waals surface area contributed by atoms with Crippen molar-refractivity contribution in [1.82, 2.24) is 24.6 Å². The van der Waals surface area contributed by atoms with Gasteiger partial charge in [0.15, 0.2) is 5.69 Å². The van der Waals surface area contributed by atoms with E-state index in [9.17, 15) is 4.79 Å². The summed E-state index contributed by atoms with van der Waals surface area (Å²) >= 11 is 2.97. The van der Waals surface area contributed by atoms with Crippen molar-refractivity contribution in [2.24, 2.45) is 16.1 Å². The molecule has 0 amide bonds. The standard InChI is InChI=1S/C26H25N7OS2/c1-16-7-6-10-18(13-16)20-15-35-26(28-20)33-24(34)23(22(31-33)17-8-4-3-5-9-17)29-30-25-27-19-14-32(2)12-11-21(19)36-25/h3-6,8-10,13,15-16,31H,7,11-12,14H2,1-2H3. The molecular weight excluding hydrogens is 490 g/mol. The van der Waals surface area contributed by atoms with Crippen LogP contribution in [0.15, 0.2) is 69.0 Å². The first kappa shape index (κ1) is 23.0. The first-order valence-electron chi connectivity index (χ1n) is 11.9. The quantitative estimate of drug-likeness (QED) is 0.324. The van der Waals surface area contributed by atoms with Crippen LogP contribution in [0, 0.1) is 5.92 Å². The lowest BCUT2D eigenvalue weighted by Gasteiger charge is -2.20. The highest BCUT2D eigenvalue weighted by atomic mass is 32.1. The third-order valence-electron chi connectivity index (χ3n) is 6.32. The second-order valence-electron chi connectivity index (χ2n) is 9.15. The predicted molar refractivity (Wildman–Crippen MR) is 145 cm³/mol. The van der Waals surface area contributed by atoms with Crippen LogP contribution >= 0.6 is 22.7 Å². The molecule has 1 unspecified atom stereocenters. The summed E-state index contributed by atoms with van der Waals surface area (Å²) in [6.07, 6.45) is 8.47. The zero-order chi connectivity index (χ0) is 24.6. The van der Waals surface area contributed by atoms with Gasteiger partial charge in [0.1, 0.15) is 0 Å². The number of hydrogen-bond donors (Lipinski definition) is 1. The van der Waals surface area contributed by atoms with Crippen molar-refractivity contribution >= 4 is 39.1 Å². The molecule has 4 aromatic rings. The van der Waals surface area contributed by atoms with E-state index in [1.165, 1.54) is 20.9 Å². The maximum absolute atomic E-state index is 13.6. The summed E-state index contributed by atoms with van der Waals surface area (Å²) in [4.78, 5) is 26.4. The average Bonchev–Trinajstić information content (AvgIpc) is 3.60. The van der Waals surface area contributed by atoms with Crippen molar-refractivity contribution in [1.29, 1.82) is 0 Å². The molecule has 36 heavy (non-hydrogen) atoms. The van der Waals surface area contributed by atoms with Crippen molar-refractivity contribution in [3.63, 3.8) is 0 Å². The van der Waals surface area contributed by atoms with Gasteiger partial charge in [0.05, 0.1) is 17.1 Å². The molecule has 1 N–H and O–H groups in total. The van der Waals surface area contributed by atoms with E-state index in [4.69, 9.17) is 4.98 Å². The monoisotopic (exact) mass is 515 g/mol. The molecule has 182 valence electrons. The molecule has 0 radical (unpaired) electrons. The van der Waals surface area contributed by atoms with Crippen molar-refractivity contribution in [2.75, 3.05) is 13.6 Å². The number of fused-ring (bicyclic) bond motifs is 1. The van der Waals surface area contributed by atoms with Crippen LogP contribution in [-0.2, 0) is 13.0 Å². The molecule has 0 fully saturated rings. The molecule has 4 heterocycles. The molecule has 3 aromatic heterocycles. The first-order valence-corrected chi connectivity index (χ1v) is 13.6. The summed E-state index contributed by atoms with van der Waals surface area (Å²) < 4.78 is 1.46. The predicted octanol–water partition coefficient (Wildman–Crippen LogP) is 6.13. The van der Waals surface area contributed by atoms with Crippen LogP contribution in [0.3, 0.4) is 0 Å². The lowest BCUT2D eigenvalue weighted by Crippen LogP contribution is -2.25. The van der Waals surface area contributed by atoms with Crippen molar-refractivity contribution in [3.8, 4) is 16.4 Å². The Morgan fingerprint density at radius 1 is 1.17 bits per heavy atom. The third kappa shape index (κ3) is 4.43. The van der Waals surface area contributed by atoms with Gasteiger partial charge in [-0.05, 0) is 31.4 Å². The normalized spacial score (nSPS) is 18.1. The van der Waals surface area contributed by atoms with Crippen LogP contribution in [0.25, 0.3) is 22.0 Å². The summed E-state index contributed by atoms with van der Waals surface area (Å²) in [6, 6.07) is 9.69. The number of benzene rings is 1. The van der Waals surface area contributed by atoms with Crippen LogP contribution in [0.4, 0.5) is 10.8 Å². The van der Waals surface area contributed by atoms with Gasteiger partial charge in [-0.3, -0.25) is 9.89 Å². The highest BCUT2D eigenvalue weighted by Crippen LogP contribution is 2.33. The van der Waals surface area contributed by atoms with Gasteiger partial charge < -0.3 is 4.90 Å². The maximum Gasteiger partial charge on any atom is 0.301 e. The summed E-state index contributed by atoms with van der Waals surface area (Å²) in [5, 5.41) is 15.2. The summed E-state index contributed by atoms with van der Waals surface area (Å²) in [6.45, 7) is 4.00. The Labute approximate surface area is 216 Å². The lowest BCUT2D eigenvalue weighted by atomic mass is 9.97. The number of nitrogens with one attached hydrogen (secondary N) is 1. The molecule has 2 aliphatic rings. The van der Waals surface area contributed by atoms with Crippen molar-refractivity contribution < 1.29 is 0 Å². The fourth-order valence-electron chi connectivity index (χ4n) is 4.42. The van der Waals surface area contributed by atoms with Gasteiger partial charge >= 0.3 is 5.56 Å². The van der Waals surface area contributed by atoms with Gasteiger partial charge in [0.2, 0.25) is 10.3 Å². The van der Waals surface area contributed by atoms with Gasteiger partial charge in [-0.25, -0.2) is 9.97 Å². The minimum atomic E-state index is -0.291. The molecule has 0 saturated heterocycles. The smallest absolute Gasteiger partial charge is 0.300 e. The molecule has 10 heteroatoms. The second-order valence-corrected chi connectivity index (χ2v) is 11.0. The van der Waals surface area contributed by atoms with E-state index < -0.39 is 0 Å². The Morgan fingerprint density at radius 2 is 2.03 bits per heavy atom. The van der Waals surface area contributed by atoms with E-state index in [1.54, 1.807) is 11.3 Å². The zero-order valence-electron chi connectivity index (χ0n) is 20.0. The second kappa shape index (κ2) is 9.53. The van der Waals surface area contributed by atoms with Crippen LogP contribution in [0.5, 0.6) is 0 Å². The maximum atomic E-state index is 13.6. The summed E-state index contributed by atoms with van der Waals surface area (Å²) in [5.41, 5.74) is 4.40. The van der Waals surface area contributed by atoms with Crippen LogP contribution < -0.4 is 5.56 Å². The van der Waals surface area contributed by atoms with Crippen molar-refractivity contribution in [2.45, 2.75) is 26.3 Å². The number of aromatic amines is 1. The minimum absolute atomic E-state index is 0.244. The molecule has 1 atom stereocenters. The lowest BCUT2D eigenvalue weighted by molar-refractivity contribution is 0.311. The number of rotatable bonds is 5. The van der Waals surface area contributed by atoms with E-state index in [-0.39, 0.29) is 11.2 Å². The molecular formula is C26H25N7OS2. The molecule has 1 aliphatic carbocycles. The molecule has 0 spiro atoms. The number of azo groups is 1. The van der Waals surface area contributed by atoms with Crippen molar-refractivity contribution in [3.05, 3.63) is 80.6 Å². The number of likely N-dealkylation sites (N-methyl/N-ethyl adjacent to an activating group) is 1. The number of hydrogen-bond acceptors (Lipinski definition) is 8. The molecule has 1 aromatic carbocycles. The first-order chi connectivity index (χ1) is 17.5. The van der Waals surface area contributed by atoms with Crippen LogP contribution in [0.2, 0.25) is 0 Å². The zero-order valence-corrected chi connectivity index (χ0v) is 21.6. The minimum Gasteiger partial charge on any atom is -0.300 e. The van der Waals surface area contributed by atoms with E-state index in [1.807, 2.05) is 35.7 Å². The van der Waals surface area contributed by atoms with E-state index in [2.05, 4.69) is 57.4 Å². The molecule has 0 bridgehead atoms. The number of nitrogens with zero attached hydrogens (tertiary/aromatic N) is 6. The van der Waals surface area contributed by atoms with Crippen LogP contribution in [0.1, 0.15) is 29.6 Å². The van der Waals surface area contributed by atoms with Gasteiger partial charge in [0, 0.05) is 28.9 Å². The number of H-pyrrole nitrogens is 1. The Balaban J connectivity index is 1.39. The largest absolute Gasteiger partial charge is 0.301 e. The SMILES string of the molecule is CC1C=C(c2csc(-n3[nH]c(-c4ccccc4)c(N=Nc4nc5c(s4)CCN(C)C5)c3=O)n2)C=CC1. The Morgan fingerprint density at radius 3 is 2.86 bits per heavy atom. The third-order valence-corrected chi connectivity index (χ3v) is 8.19. The highest BCUT2D eigenvalue weighted by Gasteiger charge is 2.21.